The second kappa shape index (κ2) is 6.18. The van der Waals surface area contributed by atoms with E-state index in [0.29, 0.717) is 13.2 Å². The van der Waals surface area contributed by atoms with Crippen LogP contribution >= 0.6 is 0 Å². The zero-order chi connectivity index (χ0) is 14.8. The minimum absolute atomic E-state index is 0.0982. The van der Waals surface area contributed by atoms with Crippen LogP contribution in [0.3, 0.4) is 0 Å². The molecule has 0 radical (unpaired) electrons. The summed E-state index contributed by atoms with van der Waals surface area (Å²) in [5, 5.41) is 0. The summed E-state index contributed by atoms with van der Waals surface area (Å²) in [5.41, 5.74) is 2.04. The van der Waals surface area contributed by atoms with E-state index in [1.165, 1.54) is 0 Å². The number of rotatable bonds is 2. The molecule has 0 N–H and O–H groups in total. The lowest BCUT2D eigenvalue weighted by atomic mass is 10.2. The molecule has 0 aliphatic carbocycles. The Labute approximate surface area is 129 Å². The maximum Gasteiger partial charge on any atom is 0.184 e. The minimum atomic E-state index is -0.353. The normalized spacial score (nSPS) is 31.5. The number of hydrogen-bond donors (Lipinski definition) is 0. The summed E-state index contributed by atoms with van der Waals surface area (Å²) in [6.07, 6.45) is -0.885. The highest BCUT2D eigenvalue weighted by molar-refractivity contribution is 5.18. The van der Waals surface area contributed by atoms with Crippen LogP contribution in [0.1, 0.15) is 23.7 Å². The van der Waals surface area contributed by atoms with Crippen LogP contribution in [0.4, 0.5) is 0 Å². The summed E-state index contributed by atoms with van der Waals surface area (Å²) in [6, 6.07) is 19.9. The van der Waals surface area contributed by atoms with E-state index in [0.717, 1.165) is 11.1 Å². The number of benzene rings is 2. The Hall–Kier alpha value is -1.72. The Bertz CT molecular complexity index is 547. The molecule has 114 valence electrons. The fourth-order valence-electron chi connectivity index (χ4n) is 2.80. The zero-order valence-electron chi connectivity index (χ0n) is 12.1. The molecule has 2 unspecified atom stereocenters. The maximum absolute atomic E-state index is 5.99. The molecule has 4 heteroatoms. The molecule has 2 fully saturated rings. The quantitative estimate of drug-likeness (QED) is 0.853. The third-order valence-electron chi connectivity index (χ3n) is 3.98. The van der Waals surface area contributed by atoms with Gasteiger partial charge >= 0.3 is 0 Å². The molecule has 2 aliphatic rings. The van der Waals surface area contributed by atoms with E-state index >= 15 is 0 Å². The first-order valence-electron chi connectivity index (χ1n) is 7.54. The van der Waals surface area contributed by atoms with Gasteiger partial charge in [0.2, 0.25) is 0 Å². The minimum Gasteiger partial charge on any atom is -0.346 e. The van der Waals surface area contributed by atoms with Crippen molar-refractivity contribution in [3.63, 3.8) is 0 Å². The number of hydrogen-bond acceptors (Lipinski definition) is 4. The van der Waals surface area contributed by atoms with Crippen LogP contribution in [-0.2, 0) is 18.9 Å². The van der Waals surface area contributed by atoms with Crippen LogP contribution in [0.2, 0.25) is 0 Å². The van der Waals surface area contributed by atoms with Gasteiger partial charge in [-0.1, -0.05) is 60.7 Å². The van der Waals surface area contributed by atoms with Gasteiger partial charge in [-0.15, -0.1) is 0 Å². The van der Waals surface area contributed by atoms with E-state index in [1.807, 2.05) is 60.7 Å². The Morgan fingerprint density at radius 1 is 0.591 bits per heavy atom. The number of fused-ring (bicyclic) bond motifs is 1. The van der Waals surface area contributed by atoms with Crippen molar-refractivity contribution in [3.05, 3.63) is 71.8 Å². The summed E-state index contributed by atoms with van der Waals surface area (Å²) in [4.78, 5) is 0. The third kappa shape index (κ3) is 2.78. The van der Waals surface area contributed by atoms with Crippen molar-refractivity contribution in [3.8, 4) is 0 Å². The summed E-state index contributed by atoms with van der Waals surface area (Å²) in [5.74, 6) is 0. The summed E-state index contributed by atoms with van der Waals surface area (Å²) in [6.45, 7) is 0.932. The molecular weight excluding hydrogens is 280 g/mol. The molecule has 4 atom stereocenters. The molecule has 2 aliphatic heterocycles. The lowest BCUT2D eigenvalue weighted by Crippen LogP contribution is -2.27. The van der Waals surface area contributed by atoms with E-state index < -0.39 is 0 Å². The fraction of sp³-hybridized carbons (Fsp3) is 0.333. The van der Waals surface area contributed by atoms with Crippen molar-refractivity contribution in [2.45, 2.75) is 24.8 Å². The molecule has 2 aromatic rings. The SMILES string of the molecule is c1ccc(C2OC[C@@H]3OC(c4ccccc4)O[C@@H]3CO2)cc1. The summed E-state index contributed by atoms with van der Waals surface area (Å²) in [7, 11) is 0. The van der Waals surface area contributed by atoms with Gasteiger partial charge in [-0.3, -0.25) is 0 Å². The summed E-state index contributed by atoms with van der Waals surface area (Å²) >= 11 is 0. The first-order valence-corrected chi connectivity index (χ1v) is 7.54. The molecule has 0 spiro atoms. The summed E-state index contributed by atoms with van der Waals surface area (Å²) < 4.78 is 23.7. The molecule has 2 saturated heterocycles. The molecule has 0 bridgehead atoms. The first kappa shape index (κ1) is 13.9. The topological polar surface area (TPSA) is 36.9 Å². The molecule has 2 aromatic carbocycles. The maximum atomic E-state index is 5.99. The first-order chi connectivity index (χ1) is 10.9. The second-order valence-electron chi connectivity index (χ2n) is 5.50. The smallest absolute Gasteiger partial charge is 0.184 e. The van der Waals surface area contributed by atoms with E-state index in [4.69, 9.17) is 18.9 Å². The van der Waals surface area contributed by atoms with Gasteiger partial charge < -0.3 is 18.9 Å². The highest BCUT2D eigenvalue weighted by Gasteiger charge is 2.40. The van der Waals surface area contributed by atoms with Gasteiger partial charge in [-0.2, -0.15) is 0 Å². The Morgan fingerprint density at radius 3 is 1.55 bits per heavy atom. The van der Waals surface area contributed by atoms with E-state index in [1.54, 1.807) is 0 Å². The van der Waals surface area contributed by atoms with Gasteiger partial charge in [0.05, 0.1) is 13.2 Å². The molecular formula is C18H18O4. The Morgan fingerprint density at radius 2 is 1.05 bits per heavy atom. The lowest BCUT2D eigenvalue weighted by Gasteiger charge is -2.17. The van der Waals surface area contributed by atoms with Gasteiger partial charge in [-0.05, 0) is 0 Å². The van der Waals surface area contributed by atoms with Crippen molar-refractivity contribution < 1.29 is 18.9 Å². The molecule has 0 amide bonds. The van der Waals surface area contributed by atoms with Gasteiger partial charge in [0, 0.05) is 11.1 Å². The van der Waals surface area contributed by atoms with Gasteiger partial charge in [0.25, 0.3) is 0 Å². The van der Waals surface area contributed by atoms with Crippen LogP contribution in [-0.4, -0.2) is 25.4 Å². The molecule has 0 aromatic heterocycles. The van der Waals surface area contributed by atoms with Gasteiger partial charge in [0.15, 0.2) is 12.6 Å². The predicted molar refractivity (Wildman–Crippen MR) is 80.0 cm³/mol. The van der Waals surface area contributed by atoms with Crippen molar-refractivity contribution in [1.29, 1.82) is 0 Å². The lowest BCUT2D eigenvalue weighted by molar-refractivity contribution is -0.168. The Kier molecular flexibility index (Phi) is 3.91. The van der Waals surface area contributed by atoms with Crippen LogP contribution in [0, 0.1) is 0 Å². The zero-order valence-corrected chi connectivity index (χ0v) is 12.1. The monoisotopic (exact) mass is 298 g/mol. The van der Waals surface area contributed by atoms with Crippen LogP contribution in [0.5, 0.6) is 0 Å². The fourth-order valence-corrected chi connectivity index (χ4v) is 2.80. The van der Waals surface area contributed by atoms with Crippen molar-refractivity contribution >= 4 is 0 Å². The van der Waals surface area contributed by atoms with Gasteiger partial charge in [-0.25, -0.2) is 0 Å². The van der Waals surface area contributed by atoms with Crippen molar-refractivity contribution in [1.82, 2.24) is 0 Å². The highest BCUT2D eigenvalue weighted by atomic mass is 16.8. The average molecular weight is 298 g/mol. The largest absolute Gasteiger partial charge is 0.346 e. The molecule has 4 nitrogen and oxygen atoms in total. The highest BCUT2D eigenvalue weighted by Crippen LogP contribution is 2.35. The third-order valence-corrected chi connectivity index (χ3v) is 3.98. The standard InChI is InChI=1S/C18H18O4/c1-3-7-13(8-4-1)17-19-11-15-16(12-20-17)22-18(21-15)14-9-5-2-6-10-14/h1-10,15-18H,11-12H2/t15-,16+,17?,18?. The predicted octanol–water partition coefficient (Wildman–Crippen LogP) is 3.21. The van der Waals surface area contributed by atoms with Gasteiger partial charge in [0.1, 0.15) is 12.2 Å². The van der Waals surface area contributed by atoms with Crippen LogP contribution < -0.4 is 0 Å². The van der Waals surface area contributed by atoms with Crippen LogP contribution in [0.25, 0.3) is 0 Å². The Balaban J connectivity index is 1.43. The second-order valence-corrected chi connectivity index (χ2v) is 5.50. The van der Waals surface area contributed by atoms with E-state index in [2.05, 4.69) is 0 Å². The van der Waals surface area contributed by atoms with Crippen molar-refractivity contribution in [2.24, 2.45) is 0 Å². The number of ether oxygens (including phenoxy) is 4. The van der Waals surface area contributed by atoms with E-state index in [9.17, 15) is 0 Å². The van der Waals surface area contributed by atoms with Crippen LogP contribution in [0.15, 0.2) is 60.7 Å². The molecule has 2 heterocycles. The molecule has 22 heavy (non-hydrogen) atoms. The molecule has 4 rings (SSSR count). The average Bonchev–Trinajstić information content (AvgIpc) is 2.90. The van der Waals surface area contributed by atoms with E-state index in [-0.39, 0.29) is 24.8 Å². The molecule has 0 saturated carbocycles. The van der Waals surface area contributed by atoms with Crippen molar-refractivity contribution in [2.75, 3.05) is 13.2 Å².